The summed E-state index contributed by atoms with van der Waals surface area (Å²) in [6.07, 6.45) is -7.13. The number of carbonyl (C=O) groups is 1. The van der Waals surface area contributed by atoms with Crippen LogP contribution in [0.5, 0.6) is 0 Å². The molecule has 0 aromatic carbocycles. The third-order valence-electron chi connectivity index (χ3n) is 4.82. The fourth-order valence-electron chi connectivity index (χ4n) is 3.24. The first-order valence-corrected chi connectivity index (χ1v) is 10.8. The summed E-state index contributed by atoms with van der Waals surface area (Å²) < 4.78 is 82.1. The molecule has 1 atom stereocenters. The first-order chi connectivity index (χ1) is 15.9. The van der Waals surface area contributed by atoms with Crippen LogP contribution in [0.3, 0.4) is 0 Å². The summed E-state index contributed by atoms with van der Waals surface area (Å²) >= 11 is 0.497. The van der Waals surface area contributed by atoms with E-state index < -0.39 is 34.0 Å². The Morgan fingerprint density at radius 3 is 2.65 bits per heavy atom. The van der Waals surface area contributed by atoms with E-state index in [-0.39, 0.29) is 43.3 Å². The molecule has 3 N–H and O–H groups in total. The summed E-state index contributed by atoms with van der Waals surface area (Å²) in [5.41, 5.74) is -3.23. The fourth-order valence-corrected chi connectivity index (χ4v) is 4.00. The molecule has 0 aliphatic carbocycles. The van der Waals surface area contributed by atoms with Gasteiger partial charge in [0.25, 0.3) is 5.56 Å². The number of halogens is 6. The average molecular weight is 514 g/mol. The van der Waals surface area contributed by atoms with E-state index in [1.807, 2.05) is 0 Å². The summed E-state index contributed by atoms with van der Waals surface area (Å²) in [5.74, 6) is -0.217. The van der Waals surface area contributed by atoms with Crippen molar-refractivity contribution in [3.63, 3.8) is 0 Å². The van der Waals surface area contributed by atoms with Gasteiger partial charge in [-0.05, 0) is 6.42 Å². The Kier molecular flexibility index (Phi) is 8.01. The first-order valence-electron chi connectivity index (χ1n) is 9.99. The lowest BCUT2D eigenvalue weighted by molar-refractivity contribution is -0.138. The van der Waals surface area contributed by atoms with Crippen LogP contribution in [0.15, 0.2) is 17.2 Å². The smallest absolute Gasteiger partial charge is 0.381 e. The second-order valence-corrected chi connectivity index (χ2v) is 8.30. The SMILES string of the molecule is O=C(CCOCCNc1cn[nH]c(=O)c1C(F)(F)F)N1CCC(Nc2ncc(C(F)(F)F)s2)C1. The van der Waals surface area contributed by atoms with Crippen LogP contribution in [0.25, 0.3) is 0 Å². The fraction of sp³-hybridized carbons (Fsp3) is 0.556. The molecule has 0 spiro atoms. The van der Waals surface area contributed by atoms with Gasteiger partial charge in [0.15, 0.2) is 5.13 Å². The van der Waals surface area contributed by atoms with Gasteiger partial charge in [0.1, 0.15) is 10.4 Å². The number of alkyl halides is 6. The zero-order valence-electron chi connectivity index (χ0n) is 17.4. The van der Waals surface area contributed by atoms with Gasteiger partial charge in [-0.25, -0.2) is 10.1 Å². The molecule has 0 saturated carbocycles. The molecule has 1 unspecified atom stereocenters. The van der Waals surface area contributed by atoms with Crippen molar-refractivity contribution in [3.05, 3.63) is 33.2 Å². The number of ether oxygens (including phenoxy) is 1. The summed E-state index contributed by atoms with van der Waals surface area (Å²) in [6, 6.07) is -0.230. The topological polar surface area (TPSA) is 112 Å². The molecule has 9 nitrogen and oxygen atoms in total. The van der Waals surface area contributed by atoms with Crippen LogP contribution in [-0.2, 0) is 21.9 Å². The lowest BCUT2D eigenvalue weighted by atomic mass is 10.2. The molecular formula is C18H20F6N6O3S. The van der Waals surface area contributed by atoms with Crippen LogP contribution in [0.2, 0.25) is 0 Å². The Morgan fingerprint density at radius 2 is 1.97 bits per heavy atom. The Morgan fingerprint density at radius 1 is 1.21 bits per heavy atom. The zero-order chi connectivity index (χ0) is 24.9. The largest absolute Gasteiger partial charge is 0.427 e. The van der Waals surface area contributed by atoms with Gasteiger partial charge in [-0.15, -0.1) is 0 Å². The molecule has 3 rings (SSSR count). The highest BCUT2D eigenvalue weighted by atomic mass is 32.1. The van der Waals surface area contributed by atoms with E-state index >= 15 is 0 Å². The highest BCUT2D eigenvalue weighted by molar-refractivity contribution is 7.15. The summed E-state index contributed by atoms with van der Waals surface area (Å²) in [7, 11) is 0. The van der Waals surface area contributed by atoms with Crippen LogP contribution >= 0.6 is 11.3 Å². The Hall–Kier alpha value is -2.88. The number of aromatic nitrogens is 3. The number of H-pyrrole nitrogens is 1. The molecule has 1 saturated heterocycles. The van der Waals surface area contributed by atoms with Crippen LogP contribution in [0.4, 0.5) is 37.2 Å². The summed E-state index contributed by atoms with van der Waals surface area (Å²) in [5, 5.41) is 10.5. The van der Waals surface area contributed by atoms with E-state index in [2.05, 4.69) is 20.7 Å². The number of hydrogen-bond donors (Lipinski definition) is 3. The van der Waals surface area contributed by atoms with Crippen molar-refractivity contribution in [2.24, 2.45) is 0 Å². The maximum absolute atomic E-state index is 13.0. The molecule has 0 radical (unpaired) electrons. The molecule has 34 heavy (non-hydrogen) atoms. The van der Waals surface area contributed by atoms with Gasteiger partial charge in [0.2, 0.25) is 5.91 Å². The molecule has 16 heteroatoms. The average Bonchev–Trinajstić information content (AvgIpc) is 3.39. The van der Waals surface area contributed by atoms with Gasteiger partial charge in [0, 0.05) is 25.7 Å². The van der Waals surface area contributed by atoms with Crippen molar-refractivity contribution >= 4 is 28.1 Å². The third-order valence-corrected chi connectivity index (χ3v) is 5.79. The monoisotopic (exact) mass is 514 g/mol. The van der Waals surface area contributed by atoms with Crippen molar-refractivity contribution in [1.82, 2.24) is 20.1 Å². The van der Waals surface area contributed by atoms with Gasteiger partial charge in [-0.1, -0.05) is 11.3 Å². The molecule has 1 amide bonds. The number of nitrogens with zero attached hydrogens (tertiary/aromatic N) is 3. The van der Waals surface area contributed by atoms with Crippen LogP contribution < -0.4 is 16.2 Å². The Labute approximate surface area is 192 Å². The van der Waals surface area contributed by atoms with Crippen molar-refractivity contribution < 1.29 is 35.9 Å². The minimum Gasteiger partial charge on any atom is -0.381 e. The van der Waals surface area contributed by atoms with Crippen molar-refractivity contribution in [3.8, 4) is 0 Å². The van der Waals surface area contributed by atoms with Crippen molar-refractivity contribution in [2.75, 3.05) is 43.5 Å². The number of anilines is 2. The minimum atomic E-state index is -4.85. The van der Waals surface area contributed by atoms with Crippen molar-refractivity contribution in [1.29, 1.82) is 0 Å². The Bertz CT molecular complexity index is 1040. The maximum Gasteiger partial charge on any atom is 0.427 e. The van der Waals surface area contributed by atoms with Gasteiger partial charge in [-0.2, -0.15) is 31.4 Å². The molecule has 188 valence electrons. The van der Waals surface area contributed by atoms with E-state index in [1.54, 1.807) is 10.00 Å². The van der Waals surface area contributed by atoms with Crippen molar-refractivity contribution in [2.45, 2.75) is 31.2 Å². The lowest BCUT2D eigenvalue weighted by Gasteiger charge is -2.17. The number of aromatic amines is 1. The normalized spacial score (nSPS) is 16.6. The summed E-state index contributed by atoms with van der Waals surface area (Å²) in [4.78, 5) is 28.1. The summed E-state index contributed by atoms with van der Waals surface area (Å²) in [6.45, 7) is 0.678. The maximum atomic E-state index is 13.0. The van der Waals surface area contributed by atoms with Crippen LogP contribution in [0, 0.1) is 0 Å². The molecular weight excluding hydrogens is 494 g/mol. The highest BCUT2D eigenvalue weighted by Crippen LogP contribution is 2.35. The van der Waals surface area contributed by atoms with E-state index in [1.165, 1.54) is 0 Å². The van der Waals surface area contributed by atoms with Crippen LogP contribution in [0.1, 0.15) is 23.3 Å². The van der Waals surface area contributed by atoms with E-state index in [9.17, 15) is 35.9 Å². The number of rotatable bonds is 9. The van der Waals surface area contributed by atoms with E-state index in [0.29, 0.717) is 30.8 Å². The quantitative estimate of drug-likeness (QED) is 0.349. The molecule has 0 bridgehead atoms. The Balaban J connectivity index is 1.35. The number of thiazole rings is 1. The van der Waals surface area contributed by atoms with Gasteiger partial charge >= 0.3 is 12.4 Å². The third kappa shape index (κ3) is 6.82. The second-order valence-electron chi connectivity index (χ2n) is 7.27. The van der Waals surface area contributed by atoms with Gasteiger partial charge in [0.05, 0.1) is 37.7 Å². The van der Waals surface area contributed by atoms with Gasteiger partial charge in [-0.3, -0.25) is 9.59 Å². The van der Waals surface area contributed by atoms with Crippen LogP contribution in [-0.4, -0.2) is 64.9 Å². The number of amides is 1. The second kappa shape index (κ2) is 10.6. The molecule has 3 heterocycles. The zero-order valence-corrected chi connectivity index (χ0v) is 18.2. The van der Waals surface area contributed by atoms with Gasteiger partial charge < -0.3 is 20.3 Å². The highest BCUT2D eigenvalue weighted by Gasteiger charge is 2.37. The van der Waals surface area contributed by atoms with E-state index in [0.717, 1.165) is 12.4 Å². The first kappa shape index (κ1) is 25.7. The predicted octanol–water partition coefficient (Wildman–Crippen LogP) is 2.80. The predicted molar refractivity (Wildman–Crippen MR) is 110 cm³/mol. The molecule has 1 aliphatic rings. The minimum absolute atomic E-state index is 0.0207. The number of hydrogen-bond acceptors (Lipinski definition) is 8. The van der Waals surface area contributed by atoms with E-state index in [4.69, 9.17) is 4.74 Å². The standard InChI is InChI=1S/C18H20F6N6O3S/c19-17(20,21)12-8-26-16(34-12)28-10-1-4-30(9-10)13(31)2-5-33-6-3-25-11-7-27-29-15(32)14(11)18(22,23)24/h7-8,10H,1-6,9H2,(H,26,28)(H2,25,29,32). The molecule has 2 aromatic rings. The molecule has 2 aromatic heterocycles. The number of carbonyl (C=O) groups excluding carboxylic acids is 1. The molecule has 1 fully saturated rings. The number of nitrogens with one attached hydrogen (secondary N) is 3. The lowest BCUT2D eigenvalue weighted by Crippen LogP contribution is -2.32. The molecule has 1 aliphatic heterocycles. The number of likely N-dealkylation sites (tertiary alicyclic amines) is 1.